The Labute approximate surface area is 92.5 Å². The number of nitrogens with zero attached hydrogens (tertiary/aromatic N) is 1. The number of nitrogens with one attached hydrogen (secondary N) is 1. The molecule has 3 heteroatoms. The molecule has 2 fully saturated rings. The molecular weight excluding hydrogens is 186 g/mol. The van der Waals surface area contributed by atoms with Crippen molar-refractivity contribution in [2.45, 2.75) is 51.5 Å². The van der Waals surface area contributed by atoms with Gasteiger partial charge in [-0.05, 0) is 38.8 Å². The van der Waals surface area contributed by atoms with E-state index in [-0.39, 0.29) is 5.41 Å². The maximum Gasteiger partial charge on any atom is 0.0966 e. The summed E-state index contributed by atoms with van der Waals surface area (Å²) in [6.07, 6.45) is 7.72. The highest BCUT2D eigenvalue weighted by Gasteiger charge is 2.35. The third-order valence-electron chi connectivity index (χ3n) is 4.39. The molecule has 0 atom stereocenters. The molecule has 3 N–H and O–H groups in total. The van der Waals surface area contributed by atoms with Crippen LogP contribution in [-0.2, 0) is 0 Å². The molecule has 0 unspecified atom stereocenters. The van der Waals surface area contributed by atoms with Crippen molar-refractivity contribution in [3.63, 3.8) is 0 Å². The van der Waals surface area contributed by atoms with Crippen LogP contribution in [0.5, 0.6) is 0 Å². The lowest BCUT2D eigenvalue weighted by atomic mass is 9.79. The highest BCUT2D eigenvalue weighted by atomic mass is 15.2. The van der Waals surface area contributed by atoms with Crippen molar-refractivity contribution in [2.24, 2.45) is 11.1 Å². The van der Waals surface area contributed by atoms with E-state index in [0.717, 1.165) is 32.0 Å². The van der Waals surface area contributed by atoms with Crippen LogP contribution in [-0.4, -0.2) is 29.9 Å². The lowest BCUT2D eigenvalue weighted by Gasteiger charge is -2.41. The van der Waals surface area contributed by atoms with Crippen molar-refractivity contribution in [1.29, 1.82) is 5.41 Å². The number of nitrogens with two attached hydrogens (primary N) is 1. The first-order valence-corrected chi connectivity index (χ1v) is 6.20. The molecule has 0 aromatic carbocycles. The first kappa shape index (κ1) is 10.9. The molecule has 0 aromatic heterocycles. The highest BCUT2D eigenvalue weighted by Crippen LogP contribution is 2.34. The van der Waals surface area contributed by atoms with E-state index in [2.05, 4.69) is 11.8 Å². The van der Waals surface area contributed by atoms with E-state index in [4.69, 9.17) is 11.1 Å². The van der Waals surface area contributed by atoms with Gasteiger partial charge in [0, 0.05) is 11.5 Å². The largest absolute Gasteiger partial charge is 0.387 e. The monoisotopic (exact) mass is 209 g/mol. The van der Waals surface area contributed by atoms with Gasteiger partial charge in [0.25, 0.3) is 0 Å². The molecule has 0 aromatic rings. The molecule has 3 nitrogen and oxygen atoms in total. The zero-order valence-electron chi connectivity index (χ0n) is 9.76. The van der Waals surface area contributed by atoms with E-state index in [0.29, 0.717) is 5.84 Å². The lowest BCUT2D eigenvalue weighted by molar-refractivity contribution is 0.118. The molecule has 15 heavy (non-hydrogen) atoms. The predicted octanol–water partition coefficient (Wildman–Crippen LogP) is 1.97. The summed E-state index contributed by atoms with van der Waals surface area (Å²) in [5.41, 5.74) is 5.65. The Morgan fingerprint density at radius 1 is 1.27 bits per heavy atom. The van der Waals surface area contributed by atoms with Crippen LogP contribution < -0.4 is 5.73 Å². The third kappa shape index (κ3) is 2.17. The fourth-order valence-electron chi connectivity index (χ4n) is 2.92. The van der Waals surface area contributed by atoms with E-state index in [1.807, 2.05) is 0 Å². The van der Waals surface area contributed by atoms with Crippen LogP contribution in [0.4, 0.5) is 0 Å². The molecule has 2 aliphatic rings. The van der Waals surface area contributed by atoms with Crippen LogP contribution in [0.2, 0.25) is 0 Å². The van der Waals surface area contributed by atoms with E-state index in [1.165, 1.54) is 25.7 Å². The number of rotatable bonds is 2. The summed E-state index contributed by atoms with van der Waals surface area (Å²) in [7, 11) is 0. The average Bonchev–Trinajstić information content (AvgIpc) is 2.72. The summed E-state index contributed by atoms with van der Waals surface area (Å²) >= 11 is 0. The first-order chi connectivity index (χ1) is 7.12. The summed E-state index contributed by atoms with van der Waals surface area (Å²) in [4.78, 5) is 2.62. The van der Waals surface area contributed by atoms with Gasteiger partial charge in [-0.15, -0.1) is 0 Å². The number of hydrogen-bond acceptors (Lipinski definition) is 2. The van der Waals surface area contributed by atoms with Crippen molar-refractivity contribution < 1.29 is 0 Å². The van der Waals surface area contributed by atoms with Crippen molar-refractivity contribution in [3.05, 3.63) is 0 Å². The second kappa shape index (κ2) is 4.12. The fourth-order valence-corrected chi connectivity index (χ4v) is 2.92. The number of piperidine rings is 1. The molecule has 0 bridgehead atoms. The van der Waals surface area contributed by atoms with Gasteiger partial charge in [0.1, 0.15) is 0 Å². The Balaban J connectivity index is 1.88. The topological polar surface area (TPSA) is 53.1 Å². The standard InChI is InChI=1S/C12H23N3/c1-12(11(13)14)6-8-15(9-7-12)10-4-2-3-5-10/h10H,2-9H2,1H3,(H3,13,14). The Kier molecular flexibility index (Phi) is 3.01. The molecule has 1 aliphatic heterocycles. The minimum absolute atomic E-state index is 0.0187. The Morgan fingerprint density at radius 3 is 2.27 bits per heavy atom. The highest BCUT2D eigenvalue weighted by molar-refractivity contribution is 5.83. The van der Waals surface area contributed by atoms with Crippen molar-refractivity contribution >= 4 is 5.84 Å². The number of amidine groups is 1. The summed E-state index contributed by atoms with van der Waals surface area (Å²) in [5, 5.41) is 7.62. The van der Waals surface area contributed by atoms with Gasteiger partial charge in [0.2, 0.25) is 0 Å². The van der Waals surface area contributed by atoms with Crippen LogP contribution >= 0.6 is 0 Å². The Bertz CT molecular complexity index is 235. The summed E-state index contributed by atoms with van der Waals surface area (Å²) in [6, 6.07) is 0.835. The van der Waals surface area contributed by atoms with E-state index in [9.17, 15) is 0 Å². The van der Waals surface area contributed by atoms with Crippen molar-refractivity contribution in [3.8, 4) is 0 Å². The van der Waals surface area contributed by atoms with E-state index in [1.54, 1.807) is 0 Å². The van der Waals surface area contributed by atoms with Gasteiger partial charge >= 0.3 is 0 Å². The Morgan fingerprint density at radius 2 is 1.80 bits per heavy atom. The van der Waals surface area contributed by atoms with Gasteiger partial charge in [-0.2, -0.15) is 0 Å². The normalized spacial score (nSPS) is 28.1. The molecule has 1 saturated heterocycles. The maximum absolute atomic E-state index is 7.62. The second-order valence-corrected chi connectivity index (χ2v) is 5.45. The molecule has 86 valence electrons. The maximum atomic E-state index is 7.62. The van der Waals surface area contributed by atoms with Gasteiger partial charge in [0.15, 0.2) is 0 Å². The minimum Gasteiger partial charge on any atom is -0.387 e. The van der Waals surface area contributed by atoms with Gasteiger partial charge in [-0.3, -0.25) is 5.41 Å². The molecule has 0 amide bonds. The molecule has 0 spiro atoms. The Hall–Kier alpha value is -0.570. The summed E-state index contributed by atoms with van der Waals surface area (Å²) in [6.45, 7) is 4.42. The minimum atomic E-state index is -0.0187. The zero-order chi connectivity index (χ0) is 10.9. The summed E-state index contributed by atoms with van der Waals surface area (Å²) in [5.74, 6) is 0.383. The third-order valence-corrected chi connectivity index (χ3v) is 4.39. The van der Waals surface area contributed by atoms with Gasteiger partial charge in [-0.25, -0.2) is 0 Å². The van der Waals surface area contributed by atoms with E-state index >= 15 is 0 Å². The predicted molar refractivity (Wildman–Crippen MR) is 63.1 cm³/mol. The first-order valence-electron chi connectivity index (χ1n) is 6.20. The fraction of sp³-hybridized carbons (Fsp3) is 0.917. The molecular formula is C12H23N3. The van der Waals surface area contributed by atoms with Gasteiger partial charge < -0.3 is 10.6 Å². The van der Waals surface area contributed by atoms with Crippen molar-refractivity contribution in [2.75, 3.05) is 13.1 Å². The van der Waals surface area contributed by atoms with Gasteiger partial charge in [-0.1, -0.05) is 19.8 Å². The van der Waals surface area contributed by atoms with Crippen molar-refractivity contribution in [1.82, 2.24) is 4.90 Å². The summed E-state index contributed by atoms with van der Waals surface area (Å²) < 4.78 is 0. The second-order valence-electron chi connectivity index (χ2n) is 5.45. The van der Waals surface area contributed by atoms with Crippen LogP contribution in [0.3, 0.4) is 0 Å². The van der Waals surface area contributed by atoms with E-state index < -0.39 is 0 Å². The molecule has 0 radical (unpaired) electrons. The molecule has 1 aliphatic carbocycles. The van der Waals surface area contributed by atoms with Crippen LogP contribution in [0.25, 0.3) is 0 Å². The van der Waals surface area contributed by atoms with Crippen LogP contribution in [0.1, 0.15) is 45.4 Å². The lowest BCUT2D eigenvalue weighted by Crippen LogP contribution is -2.47. The SMILES string of the molecule is CC1(C(=N)N)CCN(C2CCCC2)CC1. The number of likely N-dealkylation sites (tertiary alicyclic amines) is 1. The quantitative estimate of drug-likeness (QED) is 0.539. The number of hydrogen-bond donors (Lipinski definition) is 2. The zero-order valence-corrected chi connectivity index (χ0v) is 9.76. The average molecular weight is 209 g/mol. The van der Waals surface area contributed by atoms with Gasteiger partial charge in [0.05, 0.1) is 5.84 Å². The molecule has 1 heterocycles. The molecule has 1 saturated carbocycles. The molecule has 2 rings (SSSR count). The van der Waals surface area contributed by atoms with Crippen LogP contribution in [0, 0.1) is 10.8 Å². The smallest absolute Gasteiger partial charge is 0.0966 e. The van der Waals surface area contributed by atoms with Crippen LogP contribution in [0.15, 0.2) is 0 Å².